The summed E-state index contributed by atoms with van der Waals surface area (Å²) in [5, 5.41) is 0. The first-order valence-corrected chi connectivity index (χ1v) is 7.82. The second kappa shape index (κ2) is 4.68. The highest BCUT2D eigenvalue weighted by Crippen LogP contribution is 2.32. The van der Waals surface area contributed by atoms with E-state index in [0.717, 1.165) is 16.9 Å². The molecule has 0 spiro atoms. The third-order valence-corrected chi connectivity index (χ3v) is 6.49. The molecule has 0 radical (unpaired) electrons. The van der Waals surface area contributed by atoms with Crippen LogP contribution in [0.4, 0.5) is 0 Å². The summed E-state index contributed by atoms with van der Waals surface area (Å²) in [4.78, 5) is 11.3. The fourth-order valence-corrected chi connectivity index (χ4v) is 5.02. The maximum Gasteiger partial charge on any atom is 0.253 e. The number of rotatable bonds is 2. The van der Waals surface area contributed by atoms with Gasteiger partial charge in [0, 0.05) is 13.0 Å². The Morgan fingerprint density at radius 3 is 2.71 bits per heavy atom. The summed E-state index contributed by atoms with van der Waals surface area (Å²) >= 11 is 6.91. The minimum atomic E-state index is -3.55. The predicted octanol–water partition coefficient (Wildman–Crippen LogP) is 2.06. The van der Waals surface area contributed by atoms with Crippen molar-refractivity contribution in [3.63, 3.8) is 0 Å². The van der Waals surface area contributed by atoms with Crippen molar-refractivity contribution in [3.05, 3.63) is 16.0 Å². The highest BCUT2D eigenvalue weighted by molar-refractivity contribution is 7.91. The van der Waals surface area contributed by atoms with E-state index >= 15 is 0 Å². The zero-order chi connectivity index (χ0) is 12.6. The molecule has 94 valence electrons. The number of halogens is 1. The molecule has 0 saturated carbocycles. The second-order valence-corrected chi connectivity index (χ2v) is 7.82. The molecule has 0 atom stereocenters. The third-order valence-electron chi connectivity index (χ3n) is 2.64. The molecule has 1 aromatic heterocycles. The molecular weight excluding hydrogens is 282 g/mol. The van der Waals surface area contributed by atoms with Crippen molar-refractivity contribution in [3.8, 4) is 0 Å². The van der Waals surface area contributed by atoms with Gasteiger partial charge in [-0.05, 0) is 25.0 Å². The van der Waals surface area contributed by atoms with Crippen LogP contribution < -0.4 is 0 Å². The van der Waals surface area contributed by atoms with Crippen molar-refractivity contribution >= 4 is 38.7 Å². The summed E-state index contributed by atoms with van der Waals surface area (Å²) in [6.45, 7) is 2.15. The smallest absolute Gasteiger partial charge is 0.253 e. The summed E-state index contributed by atoms with van der Waals surface area (Å²) in [6.07, 6.45) is 1.06. The van der Waals surface area contributed by atoms with Crippen molar-refractivity contribution in [2.45, 2.75) is 24.0 Å². The van der Waals surface area contributed by atoms with Crippen LogP contribution in [0.5, 0.6) is 0 Å². The maximum absolute atomic E-state index is 12.2. The Bertz CT molecular complexity index is 530. The molecular formula is C10H12ClNO3S2. The molecule has 2 rings (SSSR count). The molecule has 1 saturated heterocycles. The molecule has 1 aliphatic heterocycles. The minimum absolute atomic E-state index is 0.0170. The Morgan fingerprint density at radius 1 is 1.47 bits per heavy atom. The van der Waals surface area contributed by atoms with Gasteiger partial charge in [-0.2, -0.15) is 4.31 Å². The lowest BCUT2D eigenvalue weighted by atomic mass is 10.1. The maximum atomic E-state index is 12.2. The second-order valence-electron chi connectivity index (χ2n) is 4.00. The first kappa shape index (κ1) is 13.0. The highest BCUT2D eigenvalue weighted by atomic mass is 35.5. The first-order valence-electron chi connectivity index (χ1n) is 5.19. The van der Waals surface area contributed by atoms with E-state index in [9.17, 15) is 13.2 Å². The minimum Gasteiger partial charge on any atom is -0.298 e. The van der Waals surface area contributed by atoms with Crippen LogP contribution in [0.1, 0.15) is 18.4 Å². The van der Waals surface area contributed by atoms with Crippen LogP contribution in [0.3, 0.4) is 0 Å². The van der Waals surface area contributed by atoms with Crippen LogP contribution in [-0.2, 0) is 14.8 Å². The van der Waals surface area contributed by atoms with E-state index in [0.29, 0.717) is 23.7 Å². The van der Waals surface area contributed by atoms with Gasteiger partial charge in [0.25, 0.3) is 10.0 Å². The first-order chi connectivity index (χ1) is 7.91. The molecule has 1 aromatic rings. The lowest BCUT2D eigenvalue weighted by Crippen LogP contribution is -2.39. The fraction of sp³-hybridized carbons (Fsp3) is 0.500. The van der Waals surface area contributed by atoms with Gasteiger partial charge < -0.3 is 0 Å². The Morgan fingerprint density at radius 2 is 2.18 bits per heavy atom. The number of nitrogens with zero attached hydrogens (tertiary/aromatic N) is 1. The van der Waals surface area contributed by atoms with Gasteiger partial charge >= 0.3 is 0 Å². The van der Waals surface area contributed by atoms with Crippen LogP contribution in [0.25, 0.3) is 0 Å². The van der Waals surface area contributed by atoms with Gasteiger partial charge in [0.1, 0.15) is 9.99 Å². The number of Topliss-reactive ketones (excluding diaryl/α,β-unsaturated/α-hetero) is 1. The summed E-state index contributed by atoms with van der Waals surface area (Å²) < 4.78 is 26.4. The summed E-state index contributed by atoms with van der Waals surface area (Å²) in [5.41, 5.74) is 0.749. The lowest BCUT2D eigenvalue weighted by Gasteiger charge is -2.24. The number of carbonyl (C=O) groups is 1. The molecule has 1 fully saturated rings. The number of sulfonamides is 1. The molecule has 2 heterocycles. The number of aryl methyl sites for hydroxylation is 1. The van der Waals surface area contributed by atoms with Crippen LogP contribution in [0.2, 0.25) is 4.34 Å². The van der Waals surface area contributed by atoms with E-state index in [4.69, 9.17) is 11.6 Å². The number of hydrogen-bond acceptors (Lipinski definition) is 4. The molecule has 4 nitrogen and oxygen atoms in total. The molecule has 0 aromatic carbocycles. The predicted molar refractivity (Wildman–Crippen MR) is 67.1 cm³/mol. The largest absolute Gasteiger partial charge is 0.298 e. The van der Waals surface area contributed by atoms with Crippen LogP contribution >= 0.6 is 22.9 Å². The van der Waals surface area contributed by atoms with Crippen molar-refractivity contribution < 1.29 is 13.2 Å². The normalized spacial score (nSPS) is 18.6. The standard InChI is InChI=1S/C10H12ClNO3S2/c1-7-5-9(16-10(7)11)17(14,15)12-4-2-3-8(13)6-12/h5H,2-4,6H2,1H3. The van der Waals surface area contributed by atoms with Gasteiger partial charge in [-0.1, -0.05) is 11.6 Å². The highest BCUT2D eigenvalue weighted by Gasteiger charge is 2.30. The molecule has 0 bridgehead atoms. The Hall–Kier alpha value is -0.430. The van der Waals surface area contributed by atoms with Gasteiger partial charge in [-0.15, -0.1) is 11.3 Å². The van der Waals surface area contributed by atoms with Gasteiger partial charge in [0.05, 0.1) is 10.9 Å². The topological polar surface area (TPSA) is 54.5 Å². The van der Waals surface area contributed by atoms with Crippen LogP contribution in [0, 0.1) is 6.92 Å². The van der Waals surface area contributed by atoms with E-state index in [1.54, 1.807) is 13.0 Å². The number of hydrogen-bond donors (Lipinski definition) is 0. The SMILES string of the molecule is Cc1cc(S(=O)(=O)N2CCCC(=O)C2)sc1Cl. The molecule has 7 heteroatoms. The lowest BCUT2D eigenvalue weighted by molar-refractivity contribution is -0.120. The Balaban J connectivity index is 2.32. The van der Waals surface area contributed by atoms with Gasteiger partial charge in [0.2, 0.25) is 0 Å². The van der Waals surface area contributed by atoms with E-state index in [1.807, 2.05) is 0 Å². The van der Waals surface area contributed by atoms with Crippen molar-refractivity contribution in [2.75, 3.05) is 13.1 Å². The third kappa shape index (κ3) is 2.54. The average Bonchev–Trinajstić information content (AvgIpc) is 2.60. The fourth-order valence-electron chi connectivity index (χ4n) is 1.70. The molecule has 0 amide bonds. The quantitative estimate of drug-likeness (QED) is 0.839. The number of ketones is 1. The number of thiophene rings is 1. The van der Waals surface area contributed by atoms with E-state index in [-0.39, 0.29) is 16.5 Å². The number of piperidine rings is 1. The van der Waals surface area contributed by atoms with Crippen molar-refractivity contribution in [1.82, 2.24) is 4.31 Å². The summed E-state index contributed by atoms with van der Waals surface area (Å²) in [5.74, 6) is -0.0285. The molecule has 17 heavy (non-hydrogen) atoms. The number of carbonyl (C=O) groups excluding carboxylic acids is 1. The van der Waals surface area contributed by atoms with Crippen molar-refractivity contribution in [2.24, 2.45) is 0 Å². The molecule has 0 unspecified atom stereocenters. The summed E-state index contributed by atoms with van der Waals surface area (Å²) in [7, 11) is -3.55. The average molecular weight is 294 g/mol. The Kier molecular flexibility index (Phi) is 3.58. The molecule has 0 aliphatic carbocycles. The van der Waals surface area contributed by atoms with Crippen molar-refractivity contribution in [1.29, 1.82) is 0 Å². The van der Waals surface area contributed by atoms with E-state index in [1.165, 1.54) is 4.31 Å². The van der Waals surface area contributed by atoms with Crippen LogP contribution in [0.15, 0.2) is 10.3 Å². The van der Waals surface area contributed by atoms with E-state index in [2.05, 4.69) is 0 Å². The molecule has 1 aliphatic rings. The summed E-state index contributed by atoms with van der Waals surface area (Å²) in [6, 6.07) is 1.56. The monoisotopic (exact) mass is 293 g/mol. The van der Waals surface area contributed by atoms with Gasteiger partial charge in [-0.25, -0.2) is 8.42 Å². The zero-order valence-corrected chi connectivity index (χ0v) is 11.7. The van der Waals surface area contributed by atoms with Gasteiger partial charge in [-0.3, -0.25) is 4.79 Å². The zero-order valence-electron chi connectivity index (χ0n) is 9.27. The van der Waals surface area contributed by atoms with Crippen LogP contribution in [-0.4, -0.2) is 31.6 Å². The Labute approximate surface area is 109 Å². The van der Waals surface area contributed by atoms with Gasteiger partial charge in [0.15, 0.2) is 0 Å². The molecule has 0 N–H and O–H groups in total. The van der Waals surface area contributed by atoms with E-state index < -0.39 is 10.0 Å².